The highest BCUT2D eigenvalue weighted by atomic mass is 16.6. The van der Waals surface area contributed by atoms with Crippen LogP contribution in [0.3, 0.4) is 0 Å². The van der Waals surface area contributed by atoms with Gasteiger partial charge in [0.2, 0.25) is 0 Å². The summed E-state index contributed by atoms with van der Waals surface area (Å²) in [6, 6.07) is -0.370. The van der Waals surface area contributed by atoms with E-state index in [2.05, 4.69) is 17.2 Å². The van der Waals surface area contributed by atoms with Crippen molar-refractivity contribution in [3.05, 3.63) is 0 Å². The van der Waals surface area contributed by atoms with Crippen LogP contribution in [0.4, 0.5) is 4.79 Å². The summed E-state index contributed by atoms with van der Waals surface area (Å²) in [6.45, 7) is 13.1. The van der Waals surface area contributed by atoms with Crippen LogP contribution in [-0.2, 0) is 4.74 Å². The smallest absolute Gasteiger partial charge is 0.407 e. The molecule has 0 rings (SSSR count). The van der Waals surface area contributed by atoms with Gasteiger partial charge in [0, 0.05) is 5.92 Å². The van der Waals surface area contributed by atoms with Crippen molar-refractivity contribution in [2.45, 2.75) is 72.6 Å². The summed E-state index contributed by atoms with van der Waals surface area (Å²) >= 11 is 0. The number of ether oxygens (including phenoxy) is 1. The number of rotatable bonds is 5. The van der Waals surface area contributed by atoms with Gasteiger partial charge in [-0.2, -0.15) is 0 Å². The summed E-state index contributed by atoms with van der Waals surface area (Å²) in [7, 11) is 0. The molecule has 0 aliphatic carbocycles. The molecule has 0 radical (unpaired) electrons. The number of aliphatic hydroxyl groups excluding tert-OH is 1. The van der Waals surface area contributed by atoms with Crippen molar-refractivity contribution in [2.24, 2.45) is 11.8 Å². The number of amides is 1. The van der Waals surface area contributed by atoms with E-state index in [0.717, 1.165) is 6.42 Å². The molecule has 0 aromatic heterocycles. The van der Waals surface area contributed by atoms with Gasteiger partial charge in [0.15, 0.2) is 0 Å². The fraction of sp³-hybridized carbons (Fsp3) is 0.812. The molecule has 4 nitrogen and oxygen atoms in total. The number of aliphatic hydroxyl groups is 1. The fourth-order valence-electron chi connectivity index (χ4n) is 1.89. The number of hydrogen-bond donors (Lipinski definition) is 2. The number of nitrogens with one attached hydrogen (secondary N) is 1. The zero-order valence-corrected chi connectivity index (χ0v) is 13.8. The minimum atomic E-state index is -0.718. The van der Waals surface area contributed by atoms with Gasteiger partial charge in [0.25, 0.3) is 0 Å². The second kappa shape index (κ2) is 8.16. The highest BCUT2D eigenvalue weighted by molar-refractivity contribution is 5.68. The van der Waals surface area contributed by atoms with Gasteiger partial charge in [0.05, 0.1) is 12.1 Å². The van der Waals surface area contributed by atoms with Crippen LogP contribution in [0.5, 0.6) is 0 Å². The van der Waals surface area contributed by atoms with E-state index in [0.29, 0.717) is 0 Å². The Hall–Kier alpha value is -1.21. The molecule has 0 unspecified atom stereocenters. The van der Waals surface area contributed by atoms with Crippen molar-refractivity contribution in [1.82, 2.24) is 5.32 Å². The molecule has 0 spiro atoms. The predicted octanol–water partition coefficient (Wildman–Crippen LogP) is 2.95. The number of carbonyl (C=O) groups is 1. The Morgan fingerprint density at radius 3 is 2.30 bits per heavy atom. The molecular weight excluding hydrogens is 254 g/mol. The topological polar surface area (TPSA) is 58.6 Å². The van der Waals surface area contributed by atoms with Gasteiger partial charge >= 0.3 is 6.09 Å². The molecule has 0 fully saturated rings. The van der Waals surface area contributed by atoms with E-state index < -0.39 is 17.8 Å². The van der Waals surface area contributed by atoms with Gasteiger partial charge in [0.1, 0.15) is 5.60 Å². The SMILES string of the molecule is CC#C[C@@H](C)[C@@H](O)[C@@H](NC(=O)OC(C)(C)C)[C@@H](C)CC. The van der Waals surface area contributed by atoms with Gasteiger partial charge in [-0.25, -0.2) is 4.79 Å². The first-order valence-corrected chi connectivity index (χ1v) is 7.22. The Morgan fingerprint density at radius 2 is 1.90 bits per heavy atom. The zero-order chi connectivity index (χ0) is 15.9. The normalized spacial score (nSPS) is 17.2. The first-order valence-electron chi connectivity index (χ1n) is 7.22. The van der Waals surface area contributed by atoms with E-state index in [1.165, 1.54) is 0 Å². The molecule has 0 aliphatic heterocycles. The monoisotopic (exact) mass is 283 g/mol. The third-order valence-electron chi connectivity index (χ3n) is 3.19. The number of alkyl carbamates (subject to hydrolysis) is 1. The molecule has 0 saturated heterocycles. The molecule has 0 aromatic carbocycles. The van der Waals surface area contributed by atoms with Gasteiger partial charge in [-0.15, -0.1) is 5.92 Å². The summed E-state index contributed by atoms with van der Waals surface area (Å²) in [5.74, 6) is 5.67. The summed E-state index contributed by atoms with van der Waals surface area (Å²) < 4.78 is 5.26. The Bertz CT molecular complexity index is 362. The van der Waals surface area contributed by atoms with E-state index in [9.17, 15) is 9.90 Å². The molecule has 0 heterocycles. The molecule has 0 aliphatic rings. The van der Waals surface area contributed by atoms with Crippen molar-refractivity contribution in [1.29, 1.82) is 0 Å². The van der Waals surface area contributed by atoms with Crippen LogP contribution in [0.1, 0.15) is 54.9 Å². The molecule has 0 aromatic rings. The first-order chi connectivity index (χ1) is 9.12. The van der Waals surface area contributed by atoms with Crippen molar-refractivity contribution >= 4 is 6.09 Å². The van der Waals surface area contributed by atoms with Gasteiger partial charge < -0.3 is 15.2 Å². The third kappa shape index (κ3) is 6.81. The number of hydrogen-bond acceptors (Lipinski definition) is 3. The average Bonchev–Trinajstić information content (AvgIpc) is 2.32. The predicted molar refractivity (Wildman–Crippen MR) is 81.2 cm³/mol. The maximum atomic E-state index is 11.9. The largest absolute Gasteiger partial charge is 0.444 e. The molecular formula is C16H29NO3. The van der Waals surface area contributed by atoms with Crippen molar-refractivity contribution in [3.63, 3.8) is 0 Å². The maximum absolute atomic E-state index is 11.9. The van der Waals surface area contributed by atoms with Gasteiger partial charge in [-0.3, -0.25) is 0 Å². The summed E-state index contributed by atoms with van der Waals surface area (Å²) in [4.78, 5) is 11.9. The third-order valence-corrected chi connectivity index (χ3v) is 3.19. The minimum absolute atomic E-state index is 0.138. The van der Waals surface area contributed by atoms with Crippen LogP contribution in [0.25, 0.3) is 0 Å². The van der Waals surface area contributed by atoms with E-state index >= 15 is 0 Å². The lowest BCUT2D eigenvalue weighted by Crippen LogP contribution is -2.50. The molecule has 0 saturated carbocycles. The van der Waals surface area contributed by atoms with E-state index in [4.69, 9.17) is 4.74 Å². The second-order valence-corrected chi connectivity index (χ2v) is 6.23. The lowest BCUT2D eigenvalue weighted by molar-refractivity contribution is 0.0306. The van der Waals surface area contributed by atoms with Crippen LogP contribution < -0.4 is 5.32 Å². The minimum Gasteiger partial charge on any atom is -0.444 e. The maximum Gasteiger partial charge on any atom is 0.407 e. The Morgan fingerprint density at radius 1 is 1.35 bits per heavy atom. The van der Waals surface area contributed by atoms with Crippen LogP contribution in [0.2, 0.25) is 0 Å². The fourth-order valence-corrected chi connectivity index (χ4v) is 1.89. The van der Waals surface area contributed by atoms with Crippen LogP contribution >= 0.6 is 0 Å². The Labute approximate surface area is 123 Å². The quantitative estimate of drug-likeness (QED) is 0.763. The highest BCUT2D eigenvalue weighted by Gasteiger charge is 2.30. The molecule has 20 heavy (non-hydrogen) atoms. The Balaban J connectivity index is 4.88. The van der Waals surface area contributed by atoms with E-state index in [-0.39, 0.29) is 17.9 Å². The summed E-state index contributed by atoms with van der Waals surface area (Å²) in [5, 5.41) is 13.2. The van der Waals surface area contributed by atoms with Crippen LogP contribution in [0, 0.1) is 23.7 Å². The van der Waals surface area contributed by atoms with Crippen LogP contribution in [0.15, 0.2) is 0 Å². The lowest BCUT2D eigenvalue weighted by Gasteiger charge is -2.31. The Kier molecular flexibility index (Phi) is 7.67. The van der Waals surface area contributed by atoms with E-state index in [1.807, 2.05) is 41.5 Å². The summed E-state index contributed by atoms with van der Waals surface area (Å²) in [6.07, 6.45) is -0.368. The molecule has 4 heteroatoms. The number of carbonyl (C=O) groups excluding carboxylic acids is 1. The molecule has 4 atom stereocenters. The molecule has 116 valence electrons. The second-order valence-electron chi connectivity index (χ2n) is 6.23. The van der Waals surface area contributed by atoms with Gasteiger partial charge in [-0.1, -0.05) is 26.2 Å². The van der Waals surface area contributed by atoms with Crippen molar-refractivity contribution < 1.29 is 14.6 Å². The summed E-state index contributed by atoms with van der Waals surface area (Å²) in [5.41, 5.74) is -0.552. The van der Waals surface area contributed by atoms with Gasteiger partial charge in [-0.05, 0) is 40.5 Å². The average molecular weight is 283 g/mol. The molecule has 0 bridgehead atoms. The van der Waals surface area contributed by atoms with E-state index in [1.54, 1.807) is 6.92 Å². The first kappa shape index (κ1) is 18.8. The molecule has 2 N–H and O–H groups in total. The highest BCUT2D eigenvalue weighted by Crippen LogP contribution is 2.18. The van der Waals surface area contributed by atoms with Crippen molar-refractivity contribution in [2.75, 3.05) is 0 Å². The van der Waals surface area contributed by atoms with Crippen LogP contribution in [-0.4, -0.2) is 28.9 Å². The molecule has 1 amide bonds. The zero-order valence-electron chi connectivity index (χ0n) is 13.8. The lowest BCUT2D eigenvalue weighted by atomic mass is 9.88. The standard InChI is InChI=1S/C16H29NO3/c1-8-10-12(4)14(18)13(11(3)9-2)17-15(19)20-16(5,6)7/h11-14,18H,9H2,1-7H3,(H,17,19)/t11-,12+,13-,14+/m0/s1. The van der Waals surface area contributed by atoms with Crippen molar-refractivity contribution in [3.8, 4) is 11.8 Å².